The highest BCUT2D eigenvalue weighted by atomic mass is 16.2. The van der Waals surface area contributed by atoms with E-state index >= 15 is 0 Å². The Morgan fingerprint density at radius 2 is 1.93 bits per heavy atom. The molecule has 0 spiro atoms. The van der Waals surface area contributed by atoms with Crippen molar-refractivity contribution in [3.05, 3.63) is 12.2 Å². The second-order valence-corrected chi connectivity index (χ2v) is 3.50. The number of hydrogen-bond acceptors (Lipinski definition) is 2. The van der Waals surface area contributed by atoms with E-state index in [9.17, 15) is 9.59 Å². The number of allylic oxidation sites excluding steroid dienone is 1. The van der Waals surface area contributed by atoms with Crippen molar-refractivity contribution in [2.75, 3.05) is 13.1 Å². The first kappa shape index (κ1) is 10.8. The SMILES string of the molecule is CC=CC(=O)N1CCC(C(N)=O)CC1. The highest BCUT2D eigenvalue weighted by Crippen LogP contribution is 2.16. The van der Waals surface area contributed by atoms with Gasteiger partial charge < -0.3 is 10.6 Å². The molecule has 0 aromatic heterocycles. The summed E-state index contributed by atoms with van der Waals surface area (Å²) in [6, 6.07) is 0. The zero-order valence-corrected chi connectivity index (χ0v) is 8.40. The summed E-state index contributed by atoms with van der Waals surface area (Å²) < 4.78 is 0. The Hall–Kier alpha value is -1.32. The number of rotatable bonds is 2. The molecule has 1 heterocycles. The minimum Gasteiger partial charge on any atom is -0.369 e. The molecule has 0 unspecified atom stereocenters. The van der Waals surface area contributed by atoms with Crippen molar-refractivity contribution in [2.24, 2.45) is 11.7 Å². The molecule has 14 heavy (non-hydrogen) atoms. The van der Waals surface area contributed by atoms with Crippen LogP contribution in [0.5, 0.6) is 0 Å². The molecule has 4 heteroatoms. The molecule has 0 saturated carbocycles. The molecule has 0 bridgehead atoms. The summed E-state index contributed by atoms with van der Waals surface area (Å²) in [5.41, 5.74) is 5.19. The lowest BCUT2D eigenvalue weighted by molar-refractivity contribution is -0.130. The molecule has 2 amide bonds. The zero-order valence-electron chi connectivity index (χ0n) is 8.40. The largest absolute Gasteiger partial charge is 0.369 e. The van der Waals surface area contributed by atoms with Gasteiger partial charge in [-0.15, -0.1) is 0 Å². The molecule has 1 aliphatic heterocycles. The number of likely N-dealkylation sites (tertiary alicyclic amines) is 1. The first-order chi connectivity index (χ1) is 6.65. The number of carbonyl (C=O) groups excluding carboxylic acids is 2. The van der Waals surface area contributed by atoms with Crippen LogP contribution in [0.1, 0.15) is 19.8 Å². The van der Waals surface area contributed by atoms with Gasteiger partial charge in [-0.1, -0.05) is 6.08 Å². The summed E-state index contributed by atoms with van der Waals surface area (Å²) >= 11 is 0. The second kappa shape index (κ2) is 4.79. The summed E-state index contributed by atoms with van der Waals surface area (Å²) in [5, 5.41) is 0. The highest BCUT2D eigenvalue weighted by Gasteiger charge is 2.24. The second-order valence-electron chi connectivity index (χ2n) is 3.50. The Morgan fingerprint density at radius 1 is 1.36 bits per heavy atom. The number of nitrogens with zero attached hydrogens (tertiary/aromatic N) is 1. The van der Waals surface area contributed by atoms with E-state index in [4.69, 9.17) is 5.73 Å². The molecule has 1 saturated heterocycles. The molecule has 4 nitrogen and oxygen atoms in total. The van der Waals surface area contributed by atoms with E-state index in [2.05, 4.69) is 0 Å². The van der Waals surface area contributed by atoms with Crippen molar-refractivity contribution in [1.29, 1.82) is 0 Å². The van der Waals surface area contributed by atoms with E-state index in [0.717, 1.165) is 0 Å². The Bertz CT molecular complexity index is 253. The Kier molecular flexibility index (Phi) is 3.68. The van der Waals surface area contributed by atoms with Gasteiger partial charge in [-0.3, -0.25) is 9.59 Å². The van der Waals surface area contributed by atoms with Gasteiger partial charge in [0.25, 0.3) is 0 Å². The van der Waals surface area contributed by atoms with E-state index in [-0.39, 0.29) is 17.7 Å². The molecule has 0 aromatic carbocycles. The van der Waals surface area contributed by atoms with Crippen molar-refractivity contribution >= 4 is 11.8 Å². The molecule has 0 aliphatic carbocycles. The number of hydrogen-bond donors (Lipinski definition) is 1. The van der Waals surface area contributed by atoms with Crippen LogP contribution in [-0.2, 0) is 9.59 Å². The molecular weight excluding hydrogens is 180 g/mol. The molecule has 1 rings (SSSR count). The van der Waals surface area contributed by atoms with Gasteiger partial charge in [0.15, 0.2) is 0 Å². The lowest BCUT2D eigenvalue weighted by Crippen LogP contribution is -2.41. The third-order valence-corrected chi connectivity index (χ3v) is 2.52. The standard InChI is InChI=1S/C10H16N2O2/c1-2-3-9(13)12-6-4-8(5-7-12)10(11)14/h2-3,8H,4-7H2,1H3,(H2,11,14). The summed E-state index contributed by atoms with van der Waals surface area (Å²) in [6.07, 6.45) is 4.66. The average Bonchev–Trinajstić information content (AvgIpc) is 2.18. The number of carbonyl (C=O) groups is 2. The average molecular weight is 196 g/mol. The zero-order chi connectivity index (χ0) is 10.6. The molecule has 78 valence electrons. The monoisotopic (exact) mass is 196 g/mol. The molecule has 1 aliphatic rings. The molecule has 0 radical (unpaired) electrons. The number of amides is 2. The molecule has 0 atom stereocenters. The highest BCUT2D eigenvalue weighted by molar-refractivity contribution is 5.87. The molecule has 0 aromatic rings. The van der Waals surface area contributed by atoms with Crippen LogP contribution in [0.4, 0.5) is 0 Å². The fourth-order valence-corrected chi connectivity index (χ4v) is 1.63. The third kappa shape index (κ3) is 2.58. The maximum absolute atomic E-state index is 11.4. The summed E-state index contributed by atoms with van der Waals surface area (Å²) in [6.45, 7) is 3.08. The van der Waals surface area contributed by atoms with E-state index in [1.165, 1.54) is 0 Å². The fourth-order valence-electron chi connectivity index (χ4n) is 1.63. The molecule has 1 fully saturated rings. The Morgan fingerprint density at radius 3 is 2.36 bits per heavy atom. The smallest absolute Gasteiger partial charge is 0.246 e. The van der Waals surface area contributed by atoms with E-state index in [1.807, 2.05) is 6.92 Å². The predicted molar refractivity (Wildman–Crippen MR) is 53.3 cm³/mol. The van der Waals surface area contributed by atoms with Crippen LogP contribution in [0.25, 0.3) is 0 Å². The molecular formula is C10H16N2O2. The first-order valence-electron chi connectivity index (χ1n) is 4.86. The van der Waals surface area contributed by atoms with Crippen LogP contribution in [0.2, 0.25) is 0 Å². The van der Waals surface area contributed by atoms with Crippen LogP contribution < -0.4 is 5.73 Å². The van der Waals surface area contributed by atoms with Crippen molar-refractivity contribution in [2.45, 2.75) is 19.8 Å². The fraction of sp³-hybridized carbons (Fsp3) is 0.600. The first-order valence-corrected chi connectivity index (χ1v) is 4.86. The van der Waals surface area contributed by atoms with Crippen molar-refractivity contribution in [3.8, 4) is 0 Å². The number of piperidine rings is 1. The predicted octanol–water partition coefficient (Wildman–Crippen LogP) is 0.286. The van der Waals surface area contributed by atoms with Crippen LogP contribution in [0.3, 0.4) is 0 Å². The van der Waals surface area contributed by atoms with Crippen molar-refractivity contribution < 1.29 is 9.59 Å². The normalized spacial score (nSPS) is 18.8. The summed E-state index contributed by atoms with van der Waals surface area (Å²) in [7, 11) is 0. The van der Waals surface area contributed by atoms with Gasteiger partial charge in [0.1, 0.15) is 0 Å². The van der Waals surface area contributed by atoms with Crippen molar-refractivity contribution in [1.82, 2.24) is 4.90 Å². The minimum atomic E-state index is -0.247. The van der Waals surface area contributed by atoms with Gasteiger partial charge >= 0.3 is 0 Å². The number of primary amides is 1. The number of nitrogens with two attached hydrogens (primary N) is 1. The lowest BCUT2D eigenvalue weighted by atomic mass is 9.96. The van der Waals surface area contributed by atoms with Gasteiger partial charge in [-0.2, -0.15) is 0 Å². The Labute approximate surface area is 83.8 Å². The van der Waals surface area contributed by atoms with E-state index in [0.29, 0.717) is 25.9 Å². The van der Waals surface area contributed by atoms with Crippen LogP contribution in [0.15, 0.2) is 12.2 Å². The summed E-state index contributed by atoms with van der Waals surface area (Å²) in [5.74, 6) is -0.275. The third-order valence-electron chi connectivity index (χ3n) is 2.52. The maximum Gasteiger partial charge on any atom is 0.246 e. The molecule has 2 N–H and O–H groups in total. The van der Waals surface area contributed by atoms with Gasteiger partial charge in [0.05, 0.1) is 0 Å². The van der Waals surface area contributed by atoms with E-state index in [1.54, 1.807) is 17.1 Å². The quantitative estimate of drug-likeness (QED) is 0.645. The van der Waals surface area contributed by atoms with Gasteiger partial charge in [0.2, 0.25) is 11.8 Å². The Balaban J connectivity index is 2.43. The van der Waals surface area contributed by atoms with Crippen LogP contribution >= 0.6 is 0 Å². The van der Waals surface area contributed by atoms with Crippen LogP contribution in [0, 0.1) is 5.92 Å². The van der Waals surface area contributed by atoms with Crippen LogP contribution in [-0.4, -0.2) is 29.8 Å². The van der Waals surface area contributed by atoms with E-state index < -0.39 is 0 Å². The van der Waals surface area contributed by atoms with Gasteiger partial charge in [-0.25, -0.2) is 0 Å². The van der Waals surface area contributed by atoms with Gasteiger partial charge in [0, 0.05) is 19.0 Å². The van der Waals surface area contributed by atoms with Crippen molar-refractivity contribution in [3.63, 3.8) is 0 Å². The maximum atomic E-state index is 11.4. The topological polar surface area (TPSA) is 63.4 Å². The summed E-state index contributed by atoms with van der Waals surface area (Å²) in [4.78, 5) is 24.0. The lowest BCUT2D eigenvalue weighted by Gasteiger charge is -2.29. The van der Waals surface area contributed by atoms with Gasteiger partial charge in [-0.05, 0) is 25.8 Å². The minimum absolute atomic E-state index is 0.0235.